The Morgan fingerprint density at radius 2 is 2.18 bits per heavy atom. The molecule has 17 heavy (non-hydrogen) atoms. The van der Waals surface area contributed by atoms with E-state index in [1.54, 1.807) is 6.92 Å². The molecular formula is C10H11ClF2N2O2. The molecule has 0 bridgehead atoms. The molecule has 0 radical (unpaired) electrons. The molecule has 0 saturated heterocycles. The van der Waals surface area contributed by atoms with Gasteiger partial charge in [-0.15, -0.1) is 0 Å². The molecule has 0 aliphatic rings. The van der Waals surface area contributed by atoms with Crippen molar-refractivity contribution in [3.05, 3.63) is 28.8 Å². The van der Waals surface area contributed by atoms with Crippen molar-refractivity contribution in [1.29, 1.82) is 0 Å². The summed E-state index contributed by atoms with van der Waals surface area (Å²) in [6.45, 7) is 1.30. The number of carbonyl (C=O) groups excluding carboxylic acids is 1. The summed E-state index contributed by atoms with van der Waals surface area (Å²) in [5.74, 6) is -1.80. The van der Waals surface area contributed by atoms with E-state index in [4.69, 9.17) is 16.7 Å². The first-order chi connectivity index (χ1) is 7.93. The smallest absolute Gasteiger partial charge is 0.319 e. The van der Waals surface area contributed by atoms with E-state index >= 15 is 0 Å². The lowest BCUT2D eigenvalue weighted by atomic mass is 10.3. The molecule has 4 nitrogen and oxygen atoms in total. The maximum Gasteiger partial charge on any atom is 0.319 e. The molecule has 1 aromatic rings. The second-order valence-electron chi connectivity index (χ2n) is 3.43. The fourth-order valence-corrected chi connectivity index (χ4v) is 1.32. The molecule has 94 valence electrons. The van der Waals surface area contributed by atoms with Crippen molar-refractivity contribution >= 4 is 23.3 Å². The van der Waals surface area contributed by atoms with Crippen molar-refractivity contribution in [1.82, 2.24) is 5.32 Å². The summed E-state index contributed by atoms with van der Waals surface area (Å²) < 4.78 is 26.0. The van der Waals surface area contributed by atoms with Crippen LogP contribution in [0.25, 0.3) is 0 Å². The molecule has 0 fully saturated rings. The number of anilines is 1. The SMILES string of the molecule is CC(CO)NC(=O)Nc1c(F)cc(F)cc1Cl. The van der Waals surface area contributed by atoms with Crippen molar-refractivity contribution in [2.24, 2.45) is 0 Å². The molecule has 1 atom stereocenters. The molecule has 0 spiro atoms. The summed E-state index contributed by atoms with van der Waals surface area (Å²) in [5, 5.41) is 12.9. The Balaban J connectivity index is 2.78. The topological polar surface area (TPSA) is 61.4 Å². The van der Waals surface area contributed by atoms with Crippen LogP contribution >= 0.6 is 11.6 Å². The van der Waals surface area contributed by atoms with Crippen LogP contribution in [0.3, 0.4) is 0 Å². The van der Waals surface area contributed by atoms with Crippen LogP contribution < -0.4 is 10.6 Å². The van der Waals surface area contributed by atoms with Gasteiger partial charge in [-0.3, -0.25) is 0 Å². The zero-order valence-corrected chi connectivity index (χ0v) is 9.68. The average Bonchev–Trinajstić information content (AvgIpc) is 2.23. The van der Waals surface area contributed by atoms with Crippen molar-refractivity contribution in [3.8, 4) is 0 Å². The molecule has 1 aromatic carbocycles. The number of rotatable bonds is 3. The molecule has 2 amide bonds. The van der Waals surface area contributed by atoms with Gasteiger partial charge < -0.3 is 15.7 Å². The normalized spacial score (nSPS) is 12.1. The molecule has 0 aliphatic carbocycles. The average molecular weight is 265 g/mol. The molecule has 0 heterocycles. The van der Waals surface area contributed by atoms with Gasteiger partial charge in [-0.25, -0.2) is 13.6 Å². The number of halogens is 3. The predicted octanol–water partition coefficient (Wildman–Crippen LogP) is 2.12. The van der Waals surface area contributed by atoms with E-state index in [1.165, 1.54) is 0 Å². The van der Waals surface area contributed by atoms with Gasteiger partial charge in [0.1, 0.15) is 5.82 Å². The Morgan fingerprint density at radius 1 is 1.53 bits per heavy atom. The Kier molecular flexibility index (Phi) is 4.65. The van der Waals surface area contributed by atoms with Crippen LogP contribution in [0.1, 0.15) is 6.92 Å². The highest BCUT2D eigenvalue weighted by Gasteiger charge is 2.13. The number of hydrogen-bond acceptors (Lipinski definition) is 2. The highest BCUT2D eigenvalue weighted by Crippen LogP contribution is 2.26. The van der Waals surface area contributed by atoms with E-state index < -0.39 is 23.7 Å². The fourth-order valence-electron chi connectivity index (χ4n) is 1.08. The number of benzene rings is 1. The molecule has 3 N–H and O–H groups in total. The van der Waals surface area contributed by atoms with Gasteiger partial charge >= 0.3 is 6.03 Å². The lowest BCUT2D eigenvalue weighted by Crippen LogP contribution is -2.38. The minimum absolute atomic E-state index is 0.241. The van der Waals surface area contributed by atoms with Crippen molar-refractivity contribution in [2.45, 2.75) is 13.0 Å². The van der Waals surface area contributed by atoms with Crippen LogP contribution in [0.5, 0.6) is 0 Å². The Morgan fingerprint density at radius 3 is 2.71 bits per heavy atom. The van der Waals surface area contributed by atoms with Gasteiger partial charge in [0.05, 0.1) is 23.4 Å². The number of carbonyl (C=O) groups is 1. The van der Waals surface area contributed by atoms with Crippen LogP contribution in [-0.2, 0) is 0 Å². The molecule has 0 saturated carbocycles. The zero-order chi connectivity index (χ0) is 13.0. The molecule has 1 unspecified atom stereocenters. The maximum atomic E-state index is 13.3. The van der Waals surface area contributed by atoms with Gasteiger partial charge in [-0.05, 0) is 13.0 Å². The molecule has 7 heteroatoms. The summed E-state index contributed by atoms with van der Waals surface area (Å²) in [6, 6.07) is 0.267. The van der Waals surface area contributed by atoms with Crippen LogP contribution in [0, 0.1) is 11.6 Å². The summed E-state index contributed by atoms with van der Waals surface area (Å²) in [6.07, 6.45) is 0. The van der Waals surface area contributed by atoms with E-state index in [0.717, 1.165) is 6.07 Å². The van der Waals surface area contributed by atoms with Crippen molar-refractivity contribution in [2.75, 3.05) is 11.9 Å². The Hall–Kier alpha value is -1.40. The van der Waals surface area contributed by atoms with E-state index in [9.17, 15) is 13.6 Å². The molecule has 0 aromatic heterocycles. The lowest BCUT2D eigenvalue weighted by Gasteiger charge is -2.13. The van der Waals surface area contributed by atoms with E-state index in [2.05, 4.69) is 10.6 Å². The first kappa shape index (κ1) is 13.7. The molecule has 1 rings (SSSR count). The second-order valence-corrected chi connectivity index (χ2v) is 3.83. The van der Waals surface area contributed by atoms with Gasteiger partial charge in [0.25, 0.3) is 0 Å². The standard InChI is InChI=1S/C10H11ClF2N2O2/c1-5(4-16)14-10(17)15-9-7(11)2-6(12)3-8(9)13/h2-3,5,16H,4H2,1H3,(H2,14,15,17). The van der Waals surface area contributed by atoms with Gasteiger partial charge in [0.15, 0.2) is 5.82 Å². The highest BCUT2D eigenvalue weighted by atomic mass is 35.5. The third-order valence-corrected chi connectivity index (χ3v) is 2.19. The van der Waals surface area contributed by atoms with E-state index in [0.29, 0.717) is 6.07 Å². The third-order valence-electron chi connectivity index (χ3n) is 1.90. The summed E-state index contributed by atoms with van der Waals surface area (Å²) >= 11 is 5.58. The van der Waals surface area contributed by atoms with Crippen LogP contribution in [-0.4, -0.2) is 23.8 Å². The largest absolute Gasteiger partial charge is 0.394 e. The summed E-state index contributed by atoms with van der Waals surface area (Å²) in [7, 11) is 0. The lowest BCUT2D eigenvalue weighted by molar-refractivity contribution is 0.229. The number of urea groups is 1. The van der Waals surface area contributed by atoms with E-state index in [-0.39, 0.29) is 17.3 Å². The quantitative estimate of drug-likeness (QED) is 0.783. The molecular weight excluding hydrogens is 254 g/mol. The van der Waals surface area contributed by atoms with Crippen LogP contribution in [0.15, 0.2) is 12.1 Å². The first-order valence-corrected chi connectivity index (χ1v) is 5.14. The number of nitrogens with one attached hydrogen (secondary N) is 2. The van der Waals surface area contributed by atoms with Crippen molar-refractivity contribution in [3.63, 3.8) is 0 Å². The number of aliphatic hydroxyl groups is 1. The summed E-state index contributed by atoms with van der Waals surface area (Å²) in [4.78, 5) is 11.3. The monoisotopic (exact) mass is 264 g/mol. The Bertz CT molecular complexity index is 406. The van der Waals surface area contributed by atoms with Gasteiger partial charge in [0.2, 0.25) is 0 Å². The predicted molar refractivity (Wildman–Crippen MR) is 60.1 cm³/mol. The van der Waals surface area contributed by atoms with Crippen LogP contribution in [0.2, 0.25) is 5.02 Å². The second kappa shape index (κ2) is 5.79. The van der Waals surface area contributed by atoms with Gasteiger partial charge in [-0.2, -0.15) is 0 Å². The Labute approximate surface area is 102 Å². The van der Waals surface area contributed by atoms with Crippen molar-refractivity contribution < 1.29 is 18.7 Å². The maximum absolute atomic E-state index is 13.3. The number of hydrogen-bond donors (Lipinski definition) is 3. The minimum Gasteiger partial charge on any atom is -0.394 e. The van der Waals surface area contributed by atoms with Gasteiger partial charge in [0, 0.05) is 6.07 Å². The summed E-state index contributed by atoms with van der Waals surface area (Å²) in [5.41, 5.74) is -0.310. The first-order valence-electron chi connectivity index (χ1n) is 4.77. The highest BCUT2D eigenvalue weighted by molar-refractivity contribution is 6.33. The minimum atomic E-state index is -0.971. The van der Waals surface area contributed by atoms with Crippen LogP contribution in [0.4, 0.5) is 19.3 Å². The number of amides is 2. The molecule has 0 aliphatic heterocycles. The van der Waals surface area contributed by atoms with Gasteiger partial charge in [-0.1, -0.05) is 11.6 Å². The van der Waals surface area contributed by atoms with E-state index in [1.807, 2.05) is 0 Å². The fraction of sp³-hybridized carbons (Fsp3) is 0.300. The number of aliphatic hydroxyl groups excluding tert-OH is 1. The zero-order valence-electron chi connectivity index (χ0n) is 8.93. The third kappa shape index (κ3) is 3.83.